The molecule has 4 aromatic rings. The van der Waals surface area contributed by atoms with Gasteiger partial charge in [-0.2, -0.15) is 5.10 Å². The number of rotatable bonds is 6. The maximum Gasteiger partial charge on any atom is 0.250 e. The lowest BCUT2D eigenvalue weighted by Crippen LogP contribution is -2.51. The van der Waals surface area contributed by atoms with Gasteiger partial charge in [-0.15, -0.1) is 0 Å². The normalized spacial score (nSPS) is 19.4. The van der Waals surface area contributed by atoms with Crippen molar-refractivity contribution in [2.75, 3.05) is 33.7 Å². The minimum absolute atomic E-state index is 0.208. The Bertz CT molecular complexity index is 1410. The van der Waals surface area contributed by atoms with Crippen LogP contribution in [0.5, 0.6) is 0 Å². The van der Waals surface area contributed by atoms with E-state index in [0.717, 1.165) is 57.6 Å². The van der Waals surface area contributed by atoms with E-state index in [9.17, 15) is 8.78 Å². The SMILES string of the molecule is C=Cc1cnn2ccc(-c3c[nH]c4ncc(C(=C)N5C6CCC5CN(C)C6)cc34)cc12.CNCC(F)F. The maximum atomic E-state index is 11.0. The van der Waals surface area contributed by atoms with Crippen LogP contribution in [0.3, 0.4) is 0 Å². The average molecular weight is 506 g/mol. The molecule has 6 heterocycles. The number of hydrogen-bond donors (Lipinski definition) is 2. The van der Waals surface area contributed by atoms with Crippen molar-refractivity contribution in [3.63, 3.8) is 0 Å². The van der Waals surface area contributed by atoms with Crippen molar-refractivity contribution in [2.24, 2.45) is 0 Å². The van der Waals surface area contributed by atoms with E-state index in [0.29, 0.717) is 12.1 Å². The predicted molar refractivity (Wildman–Crippen MR) is 145 cm³/mol. The monoisotopic (exact) mass is 505 g/mol. The first-order chi connectivity index (χ1) is 17.9. The quantitative estimate of drug-likeness (QED) is 0.396. The van der Waals surface area contributed by atoms with Gasteiger partial charge in [0.2, 0.25) is 0 Å². The van der Waals surface area contributed by atoms with Crippen LogP contribution in [0.25, 0.3) is 39.5 Å². The van der Waals surface area contributed by atoms with Gasteiger partial charge in [-0.05, 0) is 50.7 Å². The molecular formula is C28H33F2N7. The zero-order valence-electron chi connectivity index (χ0n) is 21.3. The summed E-state index contributed by atoms with van der Waals surface area (Å²) in [6.07, 6.45) is 9.96. The molecule has 2 saturated heterocycles. The fraction of sp³-hybridized carbons (Fsp3) is 0.357. The number of halogens is 2. The summed E-state index contributed by atoms with van der Waals surface area (Å²) >= 11 is 0. The highest BCUT2D eigenvalue weighted by atomic mass is 19.3. The molecule has 2 aliphatic rings. The van der Waals surface area contributed by atoms with Crippen LogP contribution in [0.15, 0.2) is 56.1 Å². The number of H-pyrrole nitrogens is 1. The second-order valence-corrected chi connectivity index (χ2v) is 9.78. The molecule has 0 aromatic carbocycles. The van der Waals surface area contributed by atoms with Crippen LogP contribution in [0.2, 0.25) is 0 Å². The average Bonchev–Trinajstić information content (AvgIpc) is 3.56. The number of nitrogens with one attached hydrogen (secondary N) is 2. The third kappa shape index (κ3) is 4.89. The van der Waals surface area contributed by atoms with Gasteiger partial charge in [0.1, 0.15) is 5.65 Å². The Morgan fingerprint density at radius 1 is 1.24 bits per heavy atom. The first kappa shape index (κ1) is 25.1. The zero-order chi connectivity index (χ0) is 26.1. The third-order valence-electron chi connectivity index (χ3n) is 7.28. The summed E-state index contributed by atoms with van der Waals surface area (Å²) < 4.78 is 23.8. The summed E-state index contributed by atoms with van der Waals surface area (Å²) in [6.45, 7) is 10.4. The van der Waals surface area contributed by atoms with Crippen molar-refractivity contribution >= 4 is 28.3 Å². The summed E-state index contributed by atoms with van der Waals surface area (Å²) in [5, 5.41) is 7.83. The molecule has 2 unspecified atom stereocenters. The van der Waals surface area contributed by atoms with Gasteiger partial charge in [-0.1, -0.05) is 19.2 Å². The molecule has 2 N–H and O–H groups in total. The molecule has 2 bridgehead atoms. The van der Waals surface area contributed by atoms with Gasteiger partial charge >= 0.3 is 0 Å². The van der Waals surface area contributed by atoms with Gasteiger partial charge in [-0.25, -0.2) is 18.3 Å². The molecule has 6 rings (SSSR count). The van der Waals surface area contributed by atoms with E-state index in [2.05, 4.69) is 63.6 Å². The zero-order valence-corrected chi connectivity index (χ0v) is 21.3. The Balaban J connectivity index is 0.000000421. The van der Waals surface area contributed by atoms with Crippen molar-refractivity contribution in [3.8, 4) is 11.1 Å². The van der Waals surface area contributed by atoms with Gasteiger partial charge in [0.15, 0.2) is 0 Å². The summed E-state index contributed by atoms with van der Waals surface area (Å²) in [5.41, 5.74) is 7.44. The van der Waals surface area contributed by atoms with Gasteiger partial charge in [0.25, 0.3) is 6.43 Å². The largest absolute Gasteiger partial charge is 0.363 e. The number of nitrogens with zero attached hydrogens (tertiary/aromatic N) is 5. The van der Waals surface area contributed by atoms with Gasteiger partial charge in [-0.3, -0.25) is 0 Å². The molecule has 2 atom stereocenters. The van der Waals surface area contributed by atoms with Crippen LogP contribution >= 0.6 is 0 Å². The van der Waals surface area contributed by atoms with Crippen LogP contribution in [0.1, 0.15) is 24.0 Å². The number of fused-ring (bicyclic) bond motifs is 4. The molecule has 2 fully saturated rings. The fourth-order valence-electron chi connectivity index (χ4n) is 5.58. The number of aromatic amines is 1. The van der Waals surface area contributed by atoms with Crippen molar-refractivity contribution < 1.29 is 8.78 Å². The number of piperazine rings is 1. The van der Waals surface area contributed by atoms with Crippen LogP contribution in [0.4, 0.5) is 8.78 Å². The third-order valence-corrected chi connectivity index (χ3v) is 7.28. The topological polar surface area (TPSA) is 64.5 Å². The molecule has 9 heteroatoms. The standard InChI is InChI=1S/C25H26N6.C3H7F2N/c1-4-17-12-28-30-8-7-18(10-24(17)30)23-13-27-25-22(23)9-19(11-26-25)16(2)31-20-5-6-21(31)15-29(3)14-20;1-6-2-3(4)5/h4,7-13,20-21H,1-2,5-6,14-15H2,3H3,(H,26,27);3,6H,2H2,1H3. The van der Waals surface area contributed by atoms with Crippen LogP contribution in [-0.2, 0) is 0 Å². The van der Waals surface area contributed by atoms with Crippen molar-refractivity contribution in [1.29, 1.82) is 0 Å². The molecule has 0 aliphatic carbocycles. The minimum atomic E-state index is -2.21. The van der Waals surface area contributed by atoms with Crippen molar-refractivity contribution in [1.82, 2.24) is 34.7 Å². The molecule has 2 aliphatic heterocycles. The second-order valence-electron chi connectivity index (χ2n) is 9.78. The van der Waals surface area contributed by atoms with Gasteiger partial charge in [0.05, 0.1) is 18.3 Å². The number of aromatic nitrogens is 4. The lowest BCUT2D eigenvalue weighted by molar-refractivity contribution is 0.136. The van der Waals surface area contributed by atoms with E-state index in [-0.39, 0.29) is 6.54 Å². The molecule has 0 saturated carbocycles. The fourth-order valence-corrected chi connectivity index (χ4v) is 5.58. The van der Waals surface area contributed by atoms with Gasteiger partial charge < -0.3 is 20.1 Å². The first-order valence-electron chi connectivity index (χ1n) is 12.6. The highest BCUT2D eigenvalue weighted by Crippen LogP contribution is 2.37. The summed E-state index contributed by atoms with van der Waals surface area (Å²) in [7, 11) is 3.71. The molecule has 0 spiro atoms. The summed E-state index contributed by atoms with van der Waals surface area (Å²) in [5.74, 6) is 0. The molecule has 194 valence electrons. The number of alkyl halides is 2. The highest BCUT2D eigenvalue weighted by Gasteiger charge is 2.39. The first-order valence-corrected chi connectivity index (χ1v) is 12.6. The molecule has 4 aromatic heterocycles. The number of hydrogen-bond acceptors (Lipinski definition) is 5. The Morgan fingerprint density at radius 2 is 2.00 bits per heavy atom. The number of likely N-dealkylation sites (N-methyl/N-ethyl adjacent to an activating group) is 1. The summed E-state index contributed by atoms with van der Waals surface area (Å²) in [4.78, 5) is 13.1. The summed E-state index contributed by atoms with van der Waals surface area (Å²) in [6, 6.07) is 7.61. The molecule has 7 nitrogen and oxygen atoms in total. The van der Waals surface area contributed by atoms with Crippen LogP contribution in [0, 0.1) is 0 Å². The van der Waals surface area contributed by atoms with E-state index in [1.165, 1.54) is 19.9 Å². The van der Waals surface area contributed by atoms with Crippen molar-refractivity contribution in [2.45, 2.75) is 31.4 Å². The lowest BCUT2D eigenvalue weighted by atomic mass is 10.0. The predicted octanol–water partition coefficient (Wildman–Crippen LogP) is 4.74. The maximum absolute atomic E-state index is 11.0. The van der Waals surface area contributed by atoms with E-state index >= 15 is 0 Å². The Kier molecular flexibility index (Phi) is 7.08. The van der Waals surface area contributed by atoms with E-state index in [1.54, 1.807) is 0 Å². The lowest BCUT2D eigenvalue weighted by Gasteiger charge is -2.42. The molecule has 37 heavy (non-hydrogen) atoms. The second kappa shape index (κ2) is 10.4. The molecule has 0 amide bonds. The van der Waals surface area contributed by atoms with E-state index < -0.39 is 6.43 Å². The van der Waals surface area contributed by atoms with Crippen LogP contribution < -0.4 is 5.32 Å². The molecule has 0 radical (unpaired) electrons. The van der Waals surface area contributed by atoms with Crippen LogP contribution in [-0.4, -0.2) is 81.6 Å². The molecular weight excluding hydrogens is 472 g/mol. The van der Waals surface area contributed by atoms with Gasteiger partial charge in [0, 0.05) is 71.5 Å². The van der Waals surface area contributed by atoms with E-state index in [4.69, 9.17) is 4.98 Å². The smallest absolute Gasteiger partial charge is 0.250 e. The Labute approximate surface area is 215 Å². The van der Waals surface area contributed by atoms with Crippen molar-refractivity contribution in [3.05, 3.63) is 67.3 Å². The number of pyridine rings is 2. The Hall–Kier alpha value is -3.56. The number of likely N-dealkylation sites (tertiary alicyclic amines) is 1. The highest BCUT2D eigenvalue weighted by molar-refractivity contribution is 5.96. The minimum Gasteiger partial charge on any atom is -0.363 e. The van der Waals surface area contributed by atoms with E-state index in [1.807, 2.05) is 35.4 Å². The Morgan fingerprint density at radius 3 is 2.65 bits per heavy atom.